The van der Waals surface area contributed by atoms with Gasteiger partial charge in [0.25, 0.3) is 0 Å². The molecule has 0 unspecified atom stereocenters. The second-order valence-electron chi connectivity index (χ2n) is 6.85. The number of ether oxygens (including phenoxy) is 3. The minimum absolute atomic E-state index is 0.107. The second-order valence-corrected chi connectivity index (χ2v) is 6.85. The van der Waals surface area contributed by atoms with Crippen molar-refractivity contribution in [1.82, 2.24) is 0 Å². The summed E-state index contributed by atoms with van der Waals surface area (Å²) in [6.45, 7) is 0.992. The molecule has 2 N–H and O–H groups in total. The maximum absolute atomic E-state index is 12.3. The third kappa shape index (κ3) is 8.74. The van der Waals surface area contributed by atoms with E-state index in [0.717, 1.165) is 28.7 Å². The third-order valence-electron chi connectivity index (χ3n) is 4.60. The van der Waals surface area contributed by atoms with E-state index in [2.05, 4.69) is 4.89 Å². The summed E-state index contributed by atoms with van der Waals surface area (Å²) in [5.74, 6) is 0.820. The monoisotopic (exact) mass is 444 g/mol. The Kier molecular flexibility index (Phi) is 10.1. The van der Waals surface area contributed by atoms with Crippen LogP contribution < -0.4 is 9.47 Å². The molecule has 9 heteroatoms. The first-order chi connectivity index (χ1) is 14.9. The lowest BCUT2D eigenvalue weighted by atomic mass is 9.94. The molecule has 0 aliphatic rings. The van der Waals surface area contributed by atoms with Crippen LogP contribution in [0.4, 0.5) is 13.2 Å². The highest BCUT2D eigenvalue weighted by Gasteiger charge is 2.25. The summed E-state index contributed by atoms with van der Waals surface area (Å²) in [4.78, 5) is 3.97. The van der Waals surface area contributed by atoms with Gasteiger partial charge in [0.1, 0.15) is 18.3 Å². The van der Waals surface area contributed by atoms with Gasteiger partial charge >= 0.3 is 6.18 Å². The number of aliphatic hydroxyl groups excluding tert-OH is 1. The molecule has 0 aliphatic carbocycles. The molecule has 172 valence electrons. The average molecular weight is 444 g/mol. The molecular formula is C22H27F3O6. The molecule has 0 saturated carbocycles. The van der Waals surface area contributed by atoms with Crippen molar-refractivity contribution in [3.63, 3.8) is 0 Å². The summed E-state index contributed by atoms with van der Waals surface area (Å²) < 4.78 is 52.5. The summed E-state index contributed by atoms with van der Waals surface area (Å²) in [6, 6.07) is 11.0. The fourth-order valence-electron chi connectivity index (χ4n) is 3.17. The van der Waals surface area contributed by atoms with Crippen molar-refractivity contribution in [3.8, 4) is 22.6 Å². The van der Waals surface area contributed by atoms with Crippen LogP contribution in [0.5, 0.6) is 11.5 Å². The third-order valence-corrected chi connectivity index (χ3v) is 4.60. The zero-order chi connectivity index (χ0) is 22.7. The van der Waals surface area contributed by atoms with Crippen LogP contribution in [-0.4, -0.2) is 36.9 Å². The number of unbranched alkanes of at least 4 members (excludes halogenated alkanes) is 1. The van der Waals surface area contributed by atoms with Crippen LogP contribution in [0.1, 0.15) is 37.3 Å². The van der Waals surface area contributed by atoms with Crippen LogP contribution in [0.2, 0.25) is 0 Å². The van der Waals surface area contributed by atoms with Gasteiger partial charge in [-0.15, -0.1) is 0 Å². The number of aliphatic hydroxyl groups is 1. The summed E-state index contributed by atoms with van der Waals surface area (Å²) in [7, 11) is 0. The van der Waals surface area contributed by atoms with E-state index in [9.17, 15) is 13.2 Å². The smallest absolute Gasteiger partial charge is 0.389 e. The van der Waals surface area contributed by atoms with Gasteiger partial charge in [-0.3, -0.25) is 0 Å². The van der Waals surface area contributed by atoms with Crippen molar-refractivity contribution < 1.29 is 42.6 Å². The molecule has 0 saturated heterocycles. The van der Waals surface area contributed by atoms with E-state index in [1.54, 1.807) is 18.2 Å². The van der Waals surface area contributed by atoms with Crippen LogP contribution in [0, 0.1) is 0 Å². The van der Waals surface area contributed by atoms with Crippen molar-refractivity contribution in [2.24, 2.45) is 0 Å². The van der Waals surface area contributed by atoms with Crippen LogP contribution in [-0.2, 0) is 22.5 Å². The van der Waals surface area contributed by atoms with Gasteiger partial charge in [0, 0.05) is 12.5 Å². The summed E-state index contributed by atoms with van der Waals surface area (Å²) >= 11 is 0. The summed E-state index contributed by atoms with van der Waals surface area (Å²) in [5.41, 5.74) is 3.72. The van der Waals surface area contributed by atoms with Crippen LogP contribution >= 0.6 is 0 Å². The average Bonchev–Trinajstić information content (AvgIpc) is 2.74. The van der Waals surface area contributed by atoms with Gasteiger partial charge in [0.15, 0.2) is 6.79 Å². The highest BCUT2D eigenvalue weighted by Crippen LogP contribution is 2.33. The molecule has 0 atom stereocenters. The highest BCUT2D eigenvalue weighted by atomic mass is 19.4. The predicted molar refractivity (Wildman–Crippen MR) is 108 cm³/mol. The molecular weight excluding hydrogens is 417 g/mol. The Morgan fingerprint density at radius 1 is 0.935 bits per heavy atom. The van der Waals surface area contributed by atoms with Gasteiger partial charge in [-0.2, -0.15) is 18.1 Å². The lowest BCUT2D eigenvalue weighted by molar-refractivity contribution is -0.278. The van der Waals surface area contributed by atoms with E-state index in [1.165, 1.54) is 0 Å². The van der Waals surface area contributed by atoms with Crippen LogP contribution in [0.25, 0.3) is 11.1 Å². The molecule has 0 amide bonds. The lowest BCUT2D eigenvalue weighted by Crippen LogP contribution is -2.06. The van der Waals surface area contributed by atoms with E-state index >= 15 is 0 Å². The summed E-state index contributed by atoms with van der Waals surface area (Å²) in [6.07, 6.45) is -3.01. The fourth-order valence-corrected chi connectivity index (χ4v) is 3.17. The number of halogens is 3. The number of aryl methyl sites for hydroxylation is 2. The van der Waals surface area contributed by atoms with E-state index < -0.39 is 19.4 Å². The molecule has 0 radical (unpaired) electrons. The van der Waals surface area contributed by atoms with Crippen molar-refractivity contribution in [2.45, 2.75) is 45.2 Å². The van der Waals surface area contributed by atoms with Crippen molar-refractivity contribution in [2.75, 3.05) is 20.4 Å². The molecule has 0 heterocycles. The normalized spacial score (nSPS) is 11.5. The van der Waals surface area contributed by atoms with Gasteiger partial charge in [-0.1, -0.05) is 25.1 Å². The molecule has 0 fully saturated rings. The Morgan fingerprint density at radius 3 is 2.26 bits per heavy atom. The maximum atomic E-state index is 12.3. The van der Waals surface area contributed by atoms with Gasteiger partial charge in [0.05, 0.1) is 0 Å². The molecule has 31 heavy (non-hydrogen) atoms. The Morgan fingerprint density at radius 2 is 1.65 bits per heavy atom. The lowest BCUT2D eigenvalue weighted by Gasteiger charge is -2.15. The predicted octanol–water partition coefficient (Wildman–Crippen LogP) is 5.32. The van der Waals surface area contributed by atoms with Gasteiger partial charge in [0.2, 0.25) is 6.79 Å². The molecule has 6 nitrogen and oxygen atoms in total. The van der Waals surface area contributed by atoms with E-state index in [0.29, 0.717) is 24.3 Å². The topological polar surface area (TPSA) is 77.4 Å². The summed E-state index contributed by atoms with van der Waals surface area (Å²) in [5, 5.41) is 17.3. The minimum Gasteiger partial charge on any atom is -0.467 e. The standard InChI is InChI=1S/C22H27F3O6/c1-2-17-9-16(5-3-4-8-22(23,24)25)6-7-21(17)18-10-19(29-14-28-13-26)12-20(11-18)30-15-31-27/h6-7,9-12,26-27H,2-5,8,13-15H2,1H3. The molecule has 2 aromatic rings. The number of rotatable bonds is 13. The Hall–Kier alpha value is -2.33. The molecule has 0 bridgehead atoms. The Labute approximate surface area is 179 Å². The quantitative estimate of drug-likeness (QED) is 0.188. The fraction of sp³-hybridized carbons (Fsp3) is 0.455. The largest absolute Gasteiger partial charge is 0.467 e. The number of benzene rings is 2. The highest BCUT2D eigenvalue weighted by molar-refractivity contribution is 5.71. The van der Waals surface area contributed by atoms with Gasteiger partial charge in [-0.25, -0.2) is 5.26 Å². The first-order valence-corrected chi connectivity index (χ1v) is 9.91. The number of hydrogen-bond donors (Lipinski definition) is 2. The molecule has 0 aromatic heterocycles. The zero-order valence-corrected chi connectivity index (χ0v) is 17.3. The van der Waals surface area contributed by atoms with Crippen molar-refractivity contribution in [1.29, 1.82) is 0 Å². The van der Waals surface area contributed by atoms with Crippen LogP contribution in [0.3, 0.4) is 0 Å². The second kappa shape index (κ2) is 12.5. The molecule has 2 aromatic carbocycles. The first kappa shape index (κ1) is 24.9. The molecule has 2 rings (SSSR count). The SMILES string of the molecule is CCc1cc(CCCCC(F)(F)F)ccc1-c1cc(OCOO)cc(OCOCO)c1. The number of hydrogen-bond acceptors (Lipinski definition) is 6. The zero-order valence-electron chi connectivity index (χ0n) is 17.3. The Bertz CT molecular complexity index is 810. The van der Waals surface area contributed by atoms with Crippen LogP contribution in [0.15, 0.2) is 36.4 Å². The minimum atomic E-state index is -4.12. The maximum Gasteiger partial charge on any atom is 0.389 e. The van der Waals surface area contributed by atoms with E-state index in [1.807, 2.05) is 25.1 Å². The molecule has 0 spiro atoms. The number of alkyl halides is 3. The first-order valence-electron chi connectivity index (χ1n) is 9.91. The van der Waals surface area contributed by atoms with Gasteiger partial charge in [-0.05, 0) is 60.1 Å². The molecule has 0 aliphatic heterocycles. The van der Waals surface area contributed by atoms with Gasteiger partial charge < -0.3 is 19.3 Å². The van der Waals surface area contributed by atoms with Crippen molar-refractivity contribution in [3.05, 3.63) is 47.5 Å². The van der Waals surface area contributed by atoms with E-state index in [4.69, 9.17) is 24.6 Å². The van der Waals surface area contributed by atoms with Crippen molar-refractivity contribution >= 4 is 0 Å². The Balaban J connectivity index is 2.21. The van der Waals surface area contributed by atoms with E-state index in [-0.39, 0.29) is 20.0 Å².